The third-order valence-electron chi connectivity index (χ3n) is 21.0. The average molecular weight is 2460 g/mol. The Bertz CT molecular complexity index is 6690. The Hall–Kier alpha value is -13.6. The van der Waals surface area contributed by atoms with Crippen LogP contribution in [-0.2, 0) is 94.7 Å². The van der Waals surface area contributed by atoms with Gasteiger partial charge in [-0.2, -0.15) is 0 Å². The van der Waals surface area contributed by atoms with Gasteiger partial charge in [-0.1, -0.05) is 280 Å². The van der Waals surface area contributed by atoms with Crippen LogP contribution in [0.4, 0.5) is 0 Å². The minimum atomic E-state index is -1.11. The topological polar surface area (TPSA) is 304 Å². The van der Waals surface area contributed by atoms with Gasteiger partial charge < -0.3 is 65.4 Å². The predicted octanol–water partition coefficient (Wildman–Crippen LogP) is 23.8. The van der Waals surface area contributed by atoms with Gasteiger partial charge in [0.05, 0.1) is 69.9 Å². The number of rotatable bonds is 10. The molecule has 21 aromatic rings. The number of hydrogen-bond donors (Lipinski definition) is 6. The second-order valence-corrected chi connectivity index (χ2v) is 29.6. The zero-order valence-corrected chi connectivity index (χ0v) is 81.5. The fraction of sp³-hybridized carbons (Fsp3) is 0.0917. The Morgan fingerprint density at radius 3 is 0.872 bits per heavy atom. The van der Waals surface area contributed by atoms with Gasteiger partial charge in [0.15, 0.2) is 6.29 Å². The first-order valence-corrected chi connectivity index (χ1v) is 41.5. The molecule has 0 spiro atoms. The Morgan fingerprint density at radius 1 is 0.368 bits per heavy atom. The molecular weight excluding hydrogens is 2380 g/mol. The number of carboxylic acids is 2. The molecule has 16 aromatic carbocycles. The van der Waals surface area contributed by atoms with E-state index in [0.717, 1.165) is 158 Å². The van der Waals surface area contributed by atoms with Gasteiger partial charge in [0, 0.05) is 163 Å². The molecule has 0 amide bonds. The van der Waals surface area contributed by atoms with E-state index in [4.69, 9.17) is 70.5 Å². The maximum Gasteiger partial charge on any atom is 0.354 e. The predicted molar refractivity (Wildman–Crippen MR) is 514 cm³/mol. The first kappa shape index (κ1) is 99.9. The van der Waals surface area contributed by atoms with Crippen molar-refractivity contribution in [1.82, 2.24) is 44.9 Å². The van der Waals surface area contributed by atoms with Crippen LogP contribution < -0.4 is 0 Å². The van der Waals surface area contributed by atoms with Crippen LogP contribution in [0.1, 0.15) is 37.2 Å². The van der Waals surface area contributed by atoms with Crippen LogP contribution in [0.2, 0.25) is 0 Å². The molecule has 4 radical (unpaired) electrons. The molecule has 20 nitrogen and oxygen atoms in total. The molecule has 22 rings (SSSR count). The van der Waals surface area contributed by atoms with Crippen LogP contribution in [0.15, 0.2) is 364 Å². The van der Waals surface area contributed by atoms with Crippen molar-refractivity contribution in [3.05, 3.63) is 400 Å². The minimum absolute atomic E-state index is 0. The van der Waals surface area contributed by atoms with E-state index < -0.39 is 30.4 Å². The molecule has 1 saturated heterocycles. The summed E-state index contributed by atoms with van der Waals surface area (Å²) in [6.07, 6.45) is 11.3. The molecule has 24 heteroatoms. The SMILES string of the molecule is CC(O)=CC(C)O.COC(O)=CC(O)OC.O=C(O)C1CCC[N-]1.O=C(O)c1ccccn1.[Ir].[Ir].[Ir].[Ir].[c-]1cccc2c1c1ncc(-c3ccccc3)nc1c1ccccc21.[c-]1cccc2c1c1ncc(-c3ccccc3)nc1c1ccccc21.[c-]1cccc2c1c1ncc(-c3ccccc3)nc1c1ccccc21.[c-]1cccc2c1c1ncc(-c3ccccc3)nc1c1ccccc21. The fourth-order valence-corrected chi connectivity index (χ4v) is 15.1. The number of aliphatic hydroxyl groups is 4. The van der Waals surface area contributed by atoms with E-state index in [9.17, 15) is 9.59 Å². The quantitative estimate of drug-likeness (QED) is 0.0321. The number of nitrogens with zero attached hydrogens (tertiary/aromatic N) is 10. The number of aromatic nitrogens is 9. The van der Waals surface area contributed by atoms with Crippen molar-refractivity contribution >= 4 is 142 Å². The standard InChI is InChI=1S/4C22H13N2.C6H5NO2.C5H8NO2.C5H10O4.C5H10O2.4Ir/c4*1-2-8-15(9-3-1)20-14-23-21-18-12-6-4-10-16(18)17-11-5-7-13-19(17)22(21)24-20;8-6(9)5-3-1-2-4-7-5;7-5(8)4-2-1-3-6-4;1-8-4(6)3-5(7)9-2;1-4(6)3-5(2)7;;;;/h4*1-11,13-14H;1-4H,(H,8,9);4H,1-3H2,(H,7,8);3-4,6-7H,1-2H3;3-4,6-7H,1-2H3;;;;/q4*-1;;-1;;;;;;. The van der Waals surface area contributed by atoms with Crippen LogP contribution in [0.5, 0.6) is 0 Å². The monoisotopic (exact) mass is 2470 g/mol. The molecule has 0 aliphatic carbocycles. The molecule has 6 heterocycles. The molecule has 672 valence electrons. The smallest absolute Gasteiger partial charge is 0.354 e. The summed E-state index contributed by atoms with van der Waals surface area (Å²) in [5.41, 5.74) is 15.3. The van der Waals surface area contributed by atoms with Crippen molar-refractivity contribution < 1.29 is 130 Å². The van der Waals surface area contributed by atoms with Gasteiger partial charge in [0.2, 0.25) is 0 Å². The van der Waals surface area contributed by atoms with E-state index >= 15 is 0 Å². The minimum Gasteiger partial charge on any atom is -0.650 e. The number of aromatic carboxylic acids is 1. The van der Waals surface area contributed by atoms with E-state index in [2.05, 4.69) is 214 Å². The zero-order chi connectivity index (χ0) is 89.5. The van der Waals surface area contributed by atoms with Gasteiger partial charge in [-0.05, 0) is 59.6 Å². The number of benzene rings is 16. The van der Waals surface area contributed by atoms with Crippen LogP contribution in [0.25, 0.3) is 181 Å². The first-order valence-electron chi connectivity index (χ1n) is 41.5. The molecule has 6 N–H and O–H groups in total. The molecule has 0 bridgehead atoms. The van der Waals surface area contributed by atoms with Gasteiger partial charge >= 0.3 is 5.97 Å². The molecule has 3 atom stereocenters. The van der Waals surface area contributed by atoms with Crippen molar-refractivity contribution in [3.63, 3.8) is 0 Å². The number of carbonyl (C=O) groups is 2. The van der Waals surface area contributed by atoms with Crippen molar-refractivity contribution in [3.8, 4) is 45.0 Å². The zero-order valence-electron chi connectivity index (χ0n) is 72.0. The van der Waals surface area contributed by atoms with Gasteiger partial charge in [-0.3, -0.25) is 24.7 Å². The first-order chi connectivity index (χ1) is 63.1. The summed E-state index contributed by atoms with van der Waals surface area (Å²) in [6.45, 7) is 3.84. The number of fused-ring (bicyclic) bond motifs is 24. The van der Waals surface area contributed by atoms with Crippen molar-refractivity contribution in [2.75, 3.05) is 20.8 Å². The molecule has 1 fully saturated rings. The van der Waals surface area contributed by atoms with Crippen molar-refractivity contribution in [2.45, 2.75) is 45.1 Å². The number of aliphatic carboxylic acids is 1. The molecule has 1 aliphatic heterocycles. The normalized spacial score (nSPS) is 12.4. The van der Waals surface area contributed by atoms with Gasteiger partial charge in [-0.25, -0.2) is 9.78 Å². The largest absolute Gasteiger partial charge is 0.650 e. The third-order valence-corrected chi connectivity index (χ3v) is 21.0. The number of allylic oxidation sites excluding steroid dienone is 1. The van der Waals surface area contributed by atoms with E-state index in [1.807, 2.05) is 146 Å². The summed E-state index contributed by atoms with van der Waals surface area (Å²) >= 11 is 0. The maximum absolute atomic E-state index is 10.1. The summed E-state index contributed by atoms with van der Waals surface area (Å²) in [6, 6.07) is 116. The molecule has 133 heavy (non-hydrogen) atoms. The summed E-state index contributed by atoms with van der Waals surface area (Å²) < 4.78 is 8.66. The van der Waals surface area contributed by atoms with Crippen LogP contribution in [-0.4, -0.2) is 127 Å². The Balaban J connectivity index is 0.000000152. The number of aliphatic hydroxyl groups excluding tert-OH is 4. The Morgan fingerprint density at radius 2 is 0.654 bits per heavy atom. The summed E-state index contributed by atoms with van der Waals surface area (Å²) in [7, 11) is 2.60. The van der Waals surface area contributed by atoms with E-state index in [-0.39, 0.29) is 97.8 Å². The van der Waals surface area contributed by atoms with Gasteiger partial charge in [0.1, 0.15) is 5.69 Å². The maximum atomic E-state index is 10.1. The number of carboxylic acid groups (broad SMARTS) is 2. The number of hydrogen-bond acceptors (Lipinski definition) is 17. The van der Waals surface area contributed by atoms with Crippen molar-refractivity contribution in [2.24, 2.45) is 0 Å². The third kappa shape index (κ3) is 24.2. The number of pyridine rings is 1. The van der Waals surface area contributed by atoms with E-state index in [1.165, 1.54) is 82.6 Å². The molecule has 5 aromatic heterocycles. The Labute approximate surface area is 820 Å². The van der Waals surface area contributed by atoms with E-state index in [1.54, 1.807) is 19.1 Å². The number of ether oxygens (including phenoxy) is 2. The Kier molecular flexibility index (Phi) is 36.4. The molecule has 3 unspecified atom stereocenters. The van der Waals surface area contributed by atoms with E-state index in [0.29, 0.717) is 0 Å². The fourth-order valence-electron chi connectivity index (χ4n) is 15.1. The van der Waals surface area contributed by atoms with Crippen LogP contribution in [0, 0.1) is 24.3 Å². The second-order valence-electron chi connectivity index (χ2n) is 29.6. The number of methoxy groups -OCH3 is 2. The molecular formula is C109H85Ir4N10O10-5. The van der Waals surface area contributed by atoms with Gasteiger partial charge in [0.25, 0.3) is 11.9 Å². The van der Waals surface area contributed by atoms with Crippen LogP contribution >= 0.6 is 0 Å². The van der Waals surface area contributed by atoms with Crippen LogP contribution in [0.3, 0.4) is 0 Å². The van der Waals surface area contributed by atoms with Crippen molar-refractivity contribution in [1.29, 1.82) is 0 Å². The summed E-state index contributed by atoms with van der Waals surface area (Å²) in [5.74, 6) is -1.96. The average Bonchev–Trinajstić information content (AvgIpc) is 0.958. The second kappa shape index (κ2) is 48.5. The van der Waals surface area contributed by atoms with Gasteiger partial charge in [-0.15, -0.1) is 125 Å². The molecule has 0 saturated carbocycles. The summed E-state index contributed by atoms with van der Waals surface area (Å²) in [4.78, 5) is 62.6. The molecule has 1 aliphatic rings. The summed E-state index contributed by atoms with van der Waals surface area (Å²) in [5, 5.41) is 72.6.